The summed E-state index contributed by atoms with van der Waals surface area (Å²) >= 11 is 0. The third kappa shape index (κ3) is 1.94. The Morgan fingerprint density at radius 1 is 1.25 bits per heavy atom. The summed E-state index contributed by atoms with van der Waals surface area (Å²) in [6, 6.07) is 2.07. The monoisotopic (exact) mass is 220 g/mol. The maximum Gasteiger partial charge on any atom is 0.122 e. The molecule has 0 atom stereocenters. The van der Waals surface area contributed by atoms with Crippen LogP contribution in [0.4, 0.5) is 0 Å². The van der Waals surface area contributed by atoms with Crippen molar-refractivity contribution in [1.82, 2.24) is 0 Å². The predicted molar refractivity (Wildman–Crippen MR) is 65.1 cm³/mol. The second kappa shape index (κ2) is 3.77. The van der Waals surface area contributed by atoms with Crippen molar-refractivity contribution in [3.63, 3.8) is 0 Å². The van der Waals surface area contributed by atoms with E-state index in [0.29, 0.717) is 0 Å². The molecule has 88 valence electrons. The maximum atomic E-state index is 10.0. The van der Waals surface area contributed by atoms with Gasteiger partial charge in [-0.05, 0) is 61.9 Å². The number of hydrogen-bond acceptors (Lipinski definition) is 2. The van der Waals surface area contributed by atoms with Crippen LogP contribution in [0.1, 0.15) is 35.1 Å². The molecule has 1 aromatic rings. The van der Waals surface area contributed by atoms with Gasteiger partial charge in [0, 0.05) is 6.42 Å². The number of rotatable bonds is 3. The maximum absolute atomic E-state index is 10.0. The van der Waals surface area contributed by atoms with Crippen molar-refractivity contribution >= 4 is 0 Å². The van der Waals surface area contributed by atoms with Crippen molar-refractivity contribution < 1.29 is 9.84 Å². The molecule has 0 radical (unpaired) electrons. The Bertz CT molecular complexity index is 417. The van der Waals surface area contributed by atoms with Crippen LogP contribution in [-0.4, -0.2) is 17.8 Å². The van der Waals surface area contributed by atoms with Crippen LogP contribution in [0.15, 0.2) is 6.07 Å². The Hall–Kier alpha value is -1.02. The van der Waals surface area contributed by atoms with E-state index in [4.69, 9.17) is 4.74 Å². The van der Waals surface area contributed by atoms with Crippen LogP contribution < -0.4 is 4.74 Å². The van der Waals surface area contributed by atoms with E-state index in [9.17, 15) is 5.11 Å². The fourth-order valence-electron chi connectivity index (χ4n) is 2.23. The molecule has 0 saturated heterocycles. The van der Waals surface area contributed by atoms with E-state index in [-0.39, 0.29) is 0 Å². The lowest BCUT2D eigenvalue weighted by Crippen LogP contribution is -2.13. The molecule has 2 rings (SSSR count). The quantitative estimate of drug-likeness (QED) is 0.848. The van der Waals surface area contributed by atoms with E-state index >= 15 is 0 Å². The molecule has 0 aliphatic heterocycles. The van der Waals surface area contributed by atoms with Crippen LogP contribution in [0.3, 0.4) is 0 Å². The molecule has 1 aromatic carbocycles. The predicted octanol–water partition coefficient (Wildman–Crippen LogP) is 2.69. The van der Waals surface area contributed by atoms with Crippen molar-refractivity contribution in [3.05, 3.63) is 28.3 Å². The van der Waals surface area contributed by atoms with Gasteiger partial charge in [0.2, 0.25) is 0 Å². The average molecular weight is 220 g/mol. The topological polar surface area (TPSA) is 29.5 Å². The van der Waals surface area contributed by atoms with Gasteiger partial charge in [-0.3, -0.25) is 0 Å². The van der Waals surface area contributed by atoms with Crippen molar-refractivity contribution in [1.29, 1.82) is 0 Å². The third-order valence-corrected chi connectivity index (χ3v) is 3.76. The van der Waals surface area contributed by atoms with Crippen LogP contribution in [0.25, 0.3) is 0 Å². The summed E-state index contributed by atoms with van der Waals surface area (Å²) in [4.78, 5) is 0. The van der Waals surface area contributed by atoms with Crippen LogP contribution in [-0.2, 0) is 6.42 Å². The number of hydrogen-bond donors (Lipinski definition) is 1. The molecular weight excluding hydrogens is 200 g/mol. The molecule has 1 saturated carbocycles. The Labute approximate surface area is 97.3 Å². The fourth-order valence-corrected chi connectivity index (χ4v) is 2.23. The van der Waals surface area contributed by atoms with Crippen molar-refractivity contribution in [3.8, 4) is 5.75 Å². The zero-order valence-corrected chi connectivity index (χ0v) is 10.6. The molecule has 1 aliphatic rings. The summed E-state index contributed by atoms with van der Waals surface area (Å²) in [5.41, 5.74) is 4.54. The lowest BCUT2D eigenvalue weighted by molar-refractivity contribution is 0.150. The lowest BCUT2D eigenvalue weighted by atomic mass is 9.92. The first kappa shape index (κ1) is 11.5. The Morgan fingerprint density at radius 2 is 1.88 bits per heavy atom. The highest BCUT2D eigenvalue weighted by atomic mass is 16.5. The average Bonchev–Trinajstić information content (AvgIpc) is 2.97. The Morgan fingerprint density at radius 3 is 2.38 bits per heavy atom. The van der Waals surface area contributed by atoms with Gasteiger partial charge in [-0.25, -0.2) is 0 Å². The van der Waals surface area contributed by atoms with E-state index in [0.717, 1.165) is 25.0 Å². The Balaban J connectivity index is 2.41. The second-order valence-corrected chi connectivity index (χ2v) is 5.03. The number of aliphatic hydroxyl groups is 1. The highest BCUT2D eigenvalue weighted by Gasteiger charge is 2.40. The van der Waals surface area contributed by atoms with Gasteiger partial charge >= 0.3 is 0 Å². The molecule has 2 nitrogen and oxygen atoms in total. The zero-order valence-electron chi connectivity index (χ0n) is 10.6. The zero-order chi connectivity index (χ0) is 11.9. The van der Waals surface area contributed by atoms with Crippen LogP contribution in [0.5, 0.6) is 5.75 Å². The van der Waals surface area contributed by atoms with E-state index in [1.165, 1.54) is 22.3 Å². The van der Waals surface area contributed by atoms with Gasteiger partial charge in [-0.2, -0.15) is 0 Å². The van der Waals surface area contributed by atoms with Gasteiger partial charge in [0.05, 0.1) is 12.7 Å². The van der Waals surface area contributed by atoms with Gasteiger partial charge in [0.1, 0.15) is 5.75 Å². The summed E-state index contributed by atoms with van der Waals surface area (Å²) < 4.78 is 5.34. The summed E-state index contributed by atoms with van der Waals surface area (Å²) in [6.45, 7) is 6.29. The molecule has 16 heavy (non-hydrogen) atoms. The standard InChI is InChI=1S/C14H20O2/c1-9-7-13(16-4)11(3)10(2)12(9)8-14(15)5-6-14/h7,15H,5-6,8H2,1-4H3. The molecule has 2 heteroatoms. The summed E-state index contributed by atoms with van der Waals surface area (Å²) in [5.74, 6) is 0.946. The molecule has 0 unspecified atom stereocenters. The molecular formula is C14H20O2. The number of methoxy groups -OCH3 is 1. The normalized spacial score (nSPS) is 17.3. The molecule has 0 heterocycles. The number of ether oxygens (including phenoxy) is 1. The van der Waals surface area contributed by atoms with E-state index in [1.54, 1.807) is 7.11 Å². The van der Waals surface area contributed by atoms with Gasteiger partial charge in [-0.1, -0.05) is 0 Å². The van der Waals surface area contributed by atoms with Gasteiger partial charge in [0.15, 0.2) is 0 Å². The SMILES string of the molecule is COc1cc(C)c(CC2(O)CC2)c(C)c1C. The van der Waals surface area contributed by atoms with Crippen LogP contribution >= 0.6 is 0 Å². The molecule has 0 bridgehead atoms. The molecule has 0 aromatic heterocycles. The summed E-state index contributed by atoms with van der Waals surface area (Å²) in [5, 5.41) is 10.0. The van der Waals surface area contributed by atoms with Crippen LogP contribution in [0.2, 0.25) is 0 Å². The van der Waals surface area contributed by atoms with Gasteiger partial charge in [-0.15, -0.1) is 0 Å². The van der Waals surface area contributed by atoms with Crippen molar-refractivity contribution in [2.75, 3.05) is 7.11 Å². The highest BCUT2D eigenvalue weighted by Crippen LogP contribution is 2.40. The first-order valence-corrected chi connectivity index (χ1v) is 5.83. The Kier molecular flexibility index (Phi) is 2.70. The minimum atomic E-state index is -0.420. The summed E-state index contributed by atoms with van der Waals surface area (Å²) in [7, 11) is 1.70. The summed E-state index contributed by atoms with van der Waals surface area (Å²) in [6.07, 6.45) is 2.67. The van der Waals surface area contributed by atoms with Crippen molar-refractivity contribution in [2.45, 2.75) is 45.6 Å². The molecule has 0 amide bonds. The number of aryl methyl sites for hydroxylation is 1. The minimum Gasteiger partial charge on any atom is -0.496 e. The van der Waals surface area contributed by atoms with Gasteiger partial charge < -0.3 is 9.84 Å². The molecule has 0 spiro atoms. The smallest absolute Gasteiger partial charge is 0.122 e. The van der Waals surface area contributed by atoms with E-state index in [1.807, 2.05) is 0 Å². The van der Waals surface area contributed by atoms with E-state index < -0.39 is 5.60 Å². The van der Waals surface area contributed by atoms with Crippen molar-refractivity contribution in [2.24, 2.45) is 0 Å². The molecule has 1 N–H and O–H groups in total. The second-order valence-electron chi connectivity index (χ2n) is 5.03. The van der Waals surface area contributed by atoms with Crippen LogP contribution in [0, 0.1) is 20.8 Å². The first-order valence-electron chi connectivity index (χ1n) is 5.83. The molecule has 1 fully saturated rings. The largest absolute Gasteiger partial charge is 0.496 e. The molecule has 1 aliphatic carbocycles. The van der Waals surface area contributed by atoms with E-state index in [2.05, 4.69) is 26.8 Å². The van der Waals surface area contributed by atoms with Gasteiger partial charge in [0.25, 0.3) is 0 Å². The third-order valence-electron chi connectivity index (χ3n) is 3.76. The lowest BCUT2D eigenvalue weighted by Gasteiger charge is -2.18. The number of benzene rings is 1. The fraction of sp³-hybridized carbons (Fsp3) is 0.571. The first-order chi connectivity index (χ1) is 7.47. The minimum absolute atomic E-state index is 0.420. The highest BCUT2D eigenvalue weighted by molar-refractivity contribution is 5.48.